The minimum absolute atomic E-state index is 0.158. The zero-order valence-corrected chi connectivity index (χ0v) is 16.0. The van der Waals surface area contributed by atoms with E-state index < -0.39 is 0 Å². The third kappa shape index (κ3) is 2.51. The van der Waals surface area contributed by atoms with Gasteiger partial charge in [-0.15, -0.1) is 0 Å². The van der Waals surface area contributed by atoms with E-state index in [-0.39, 0.29) is 5.57 Å². The lowest BCUT2D eigenvalue weighted by Crippen LogP contribution is -2.17. The van der Waals surface area contributed by atoms with E-state index in [0.717, 1.165) is 26.8 Å². The predicted octanol–water partition coefficient (Wildman–Crippen LogP) is 4.99. The SMILES string of the molecule is CC1=C(C)SC(=c2c3ccccc3c(=C(C#N)C#N)c3ccccc23)S1. The lowest BCUT2D eigenvalue weighted by Gasteiger charge is -2.09. The Morgan fingerprint density at radius 2 is 1.15 bits per heavy atom. The third-order valence-corrected chi connectivity index (χ3v) is 7.23. The van der Waals surface area contributed by atoms with Crippen LogP contribution < -0.4 is 10.4 Å². The van der Waals surface area contributed by atoms with Crippen molar-refractivity contribution in [1.29, 1.82) is 10.5 Å². The van der Waals surface area contributed by atoms with E-state index in [1.54, 1.807) is 23.5 Å². The highest BCUT2D eigenvalue weighted by molar-refractivity contribution is 8.35. The van der Waals surface area contributed by atoms with Gasteiger partial charge in [-0.2, -0.15) is 10.5 Å². The maximum Gasteiger partial charge on any atom is 0.138 e. The number of hydrogen-bond acceptors (Lipinski definition) is 4. The molecule has 0 saturated carbocycles. The van der Waals surface area contributed by atoms with Crippen LogP contribution in [0, 0.1) is 22.7 Å². The number of benzene rings is 3. The van der Waals surface area contributed by atoms with Crippen molar-refractivity contribution in [2.24, 2.45) is 0 Å². The quantitative estimate of drug-likeness (QED) is 0.523. The van der Waals surface area contributed by atoms with Gasteiger partial charge in [0, 0.05) is 10.4 Å². The van der Waals surface area contributed by atoms with E-state index in [9.17, 15) is 10.5 Å². The van der Waals surface area contributed by atoms with Gasteiger partial charge in [0.1, 0.15) is 17.7 Å². The molecule has 1 heterocycles. The molecule has 3 aromatic carbocycles. The van der Waals surface area contributed by atoms with E-state index in [4.69, 9.17) is 0 Å². The summed E-state index contributed by atoms with van der Waals surface area (Å²) in [5.74, 6) is 0. The molecular weight excluding hydrogens is 356 g/mol. The Labute approximate surface area is 160 Å². The summed E-state index contributed by atoms with van der Waals surface area (Å²) in [7, 11) is 0. The molecule has 26 heavy (non-hydrogen) atoms. The Bertz CT molecular complexity index is 1220. The fourth-order valence-corrected chi connectivity index (χ4v) is 5.95. The molecule has 124 valence electrons. The minimum atomic E-state index is 0.158. The number of nitriles is 2. The lowest BCUT2D eigenvalue weighted by molar-refractivity contribution is 1.50. The molecule has 0 fully saturated rings. The summed E-state index contributed by atoms with van der Waals surface area (Å²) in [5, 5.41) is 25.0. The molecule has 0 aromatic heterocycles. The molecule has 1 aliphatic heterocycles. The Hall–Kier alpha value is -2.66. The lowest BCUT2D eigenvalue weighted by atomic mass is 9.96. The number of hydrogen-bond donors (Lipinski definition) is 0. The fourth-order valence-electron chi connectivity index (χ4n) is 3.30. The van der Waals surface area contributed by atoms with Gasteiger partial charge in [0.25, 0.3) is 0 Å². The van der Waals surface area contributed by atoms with Gasteiger partial charge in [0.15, 0.2) is 0 Å². The van der Waals surface area contributed by atoms with Crippen molar-refractivity contribution < 1.29 is 0 Å². The van der Waals surface area contributed by atoms with Gasteiger partial charge in [-0.05, 0) is 45.2 Å². The first-order chi connectivity index (χ1) is 12.7. The molecule has 2 nitrogen and oxygen atoms in total. The largest absolute Gasteiger partial charge is 0.192 e. The molecule has 0 amide bonds. The molecular formula is C22H14N2S2. The molecule has 0 atom stereocenters. The van der Waals surface area contributed by atoms with Crippen molar-refractivity contribution in [3.05, 3.63) is 68.8 Å². The van der Waals surface area contributed by atoms with Gasteiger partial charge in [0.2, 0.25) is 0 Å². The van der Waals surface area contributed by atoms with Crippen LogP contribution in [-0.2, 0) is 0 Å². The van der Waals surface area contributed by atoms with Gasteiger partial charge in [-0.1, -0.05) is 72.1 Å². The van der Waals surface area contributed by atoms with Crippen LogP contribution in [0.4, 0.5) is 0 Å². The highest BCUT2D eigenvalue weighted by Crippen LogP contribution is 2.49. The number of allylic oxidation sites excluding steroid dienone is 2. The molecule has 0 N–H and O–H groups in total. The molecule has 4 heteroatoms. The van der Waals surface area contributed by atoms with Crippen molar-refractivity contribution in [2.45, 2.75) is 13.8 Å². The average Bonchev–Trinajstić information content (AvgIpc) is 3.00. The van der Waals surface area contributed by atoms with Crippen LogP contribution in [0.15, 0.2) is 58.3 Å². The summed E-state index contributed by atoms with van der Waals surface area (Å²) in [6, 6.07) is 20.3. The second-order valence-electron chi connectivity index (χ2n) is 6.04. The van der Waals surface area contributed by atoms with Gasteiger partial charge >= 0.3 is 0 Å². The Balaban J connectivity index is 2.37. The normalized spacial score (nSPS) is 13.9. The first-order valence-electron chi connectivity index (χ1n) is 8.17. The first-order valence-corrected chi connectivity index (χ1v) is 9.80. The van der Waals surface area contributed by atoms with Crippen molar-refractivity contribution in [3.63, 3.8) is 0 Å². The van der Waals surface area contributed by atoms with Crippen LogP contribution in [0.5, 0.6) is 0 Å². The molecule has 1 aliphatic rings. The first kappa shape index (κ1) is 16.8. The van der Waals surface area contributed by atoms with Gasteiger partial charge in [-0.25, -0.2) is 0 Å². The van der Waals surface area contributed by atoms with Crippen LogP contribution in [0.1, 0.15) is 13.8 Å². The zero-order chi connectivity index (χ0) is 18.3. The summed E-state index contributed by atoms with van der Waals surface area (Å²) in [5.41, 5.74) is 0.158. The standard InChI is InChI=1S/C22H14N2S2/c1-13-14(2)26-22(25-13)21-18-9-5-3-7-16(18)20(15(11-23)12-24)17-8-4-6-10-19(17)21/h3-10H,1-2H3. The van der Waals surface area contributed by atoms with E-state index >= 15 is 0 Å². The van der Waals surface area contributed by atoms with Gasteiger partial charge in [-0.3, -0.25) is 0 Å². The molecule has 0 radical (unpaired) electrons. The summed E-state index contributed by atoms with van der Waals surface area (Å²) >= 11 is 3.61. The van der Waals surface area contributed by atoms with Crippen molar-refractivity contribution >= 4 is 54.9 Å². The molecule has 0 saturated heterocycles. The molecule has 0 aliphatic carbocycles. The van der Waals surface area contributed by atoms with E-state index in [1.165, 1.54) is 19.3 Å². The Morgan fingerprint density at radius 1 is 0.731 bits per heavy atom. The maximum atomic E-state index is 9.52. The highest BCUT2D eigenvalue weighted by Gasteiger charge is 2.18. The second-order valence-corrected chi connectivity index (χ2v) is 8.75. The Morgan fingerprint density at radius 3 is 1.58 bits per heavy atom. The summed E-state index contributed by atoms with van der Waals surface area (Å²) in [4.78, 5) is 2.65. The highest BCUT2D eigenvalue weighted by atomic mass is 32.2. The van der Waals surface area contributed by atoms with E-state index in [1.807, 2.05) is 36.4 Å². The fraction of sp³-hybridized carbons (Fsp3) is 0.0909. The summed E-state index contributed by atoms with van der Waals surface area (Å²) < 4.78 is 1.26. The summed E-state index contributed by atoms with van der Waals surface area (Å²) in [6.45, 7) is 4.30. The molecule has 3 aromatic rings. The molecule has 0 spiro atoms. The maximum absolute atomic E-state index is 9.52. The predicted molar refractivity (Wildman–Crippen MR) is 112 cm³/mol. The van der Waals surface area contributed by atoms with E-state index in [2.05, 4.69) is 38.1 Å². The topological polar surface area (TPSA) is 47.6 Å². The number of thioether (sulfide) groups is 2. The number of nitrogens with zero attached hydrogens (tertiary/aromatic N) is 2. The zero-order valence-electron chi connectivity index (χ0n) is 14.3. The van der Waals surface area contributed by atoms with Crippen LogP contribution in [0.2, 0.25) is 0 Å². The van der Waals surface area contributed by atoms with Crippen LogP contribution in [0.3, 0.4) is 0 Å². The smallest absolute Gasteiger partial charge is 0.138 e. The van der Waals surface area contributed by atoms with Crippen LogP contribution in [0.25, 0.3) is 31.4 Å². The van der Waals surface area contributed by atoms with Crippen molar-refractivity contribution in [2.75, 3.05) is 0 Å². The Kier molecular flexibility index (Phi) is 4.24. The van der Waals surface area contributed by atoms with Crippen LogP contribution >= 0.6 is 23.5 Å². The van der Waals surface area contributed by atoms with Gasteiger partial charge in [0.05, 0.1) is 4.24 Å². The molecule has 0 unspecified atom stereocenters. The van der Waals surface area contributed by atoms with Gasteiger partial charge < -0.3 is 0 Å². The average molecular weight is 371 g/mol. The third-order valence-electron chi connectivity index (χ3n) is 4.60. The molecule has 4 rings (SSSR count). The van der Waals surface area contributed by atoms with Crippen LogP contribution in [-0.4, -0.2) is 0 Å². The monoisotopic (exact) mass is 370 g/mol. The van der Waals surface area contributed by atoms with Crippen molar-refractivity contribution in [3.8, 4) is 12.1 Å². The molecule has 0 bridgehead atoms. The van der Waals surface area contributed by atoms with E-state index in [0.29, 0.717) is 0 Å². The summed E-state index contributed by atoms with van der Waals surface area (Å²) in [6.07, 6.45) is 0. The van der Waals surface area contributed by atoms with Crippen molar-refractivity contribution in [1.82, 2.24) is 0 Å². The number of rotatable bonds is 0. The second kappa shape index (κ2) is 6.57. The minimum Gasteiger partial charge on any atom is -0.192 e. The number of fused-ring (bicyclic) bond motifs is 2.